The maximum Gasteiger partial charge on any atom is 0.145 e. The van der Waals surface area contributed by atoms with Gasteiger partial charge in [0.2, 0.25) is 0 Å². The Morgan fingerprint density at radius 2 is 1.95 bits per heavy atom. The second-order valence-electron chi connectivity index (χ2n) is 5.62. The summed E-state index contributed by atoms with van der Waals surface area (Å²) in [6.07, 6.45) is 3.00. The standard InChI is InChI=1S/C15H23N3O/c1-15(14(16)17-19)8-11-18(12-9-15)10-7-13-5-3-2-4-6-13/h2-6,19H,7-12H2,1H3,(H2,16,17). The first kappa shape index (κ1) is 13.9. The lowest BCUT2D eigenvalue weighted by molar-refractivity contribution is 0.160. The minimum atomic E-state index is -0.141. The predicted octanol–water partition coefficient (Wildman–Crippen LogP) is 2.08. The van der Waals surface area contributed by atoms with Gasteiger partial charge in [-0.15, -0.1) is 0 Å². The number of oxime groups is 1. The summed E-state index contributed by atoms with van der Waals surface area (Å²) < 4.78 is 0. The second kappa shape index (κ2) is 6.06. The monoisotopic (exact) mass is 261 g/mol. The van der Waals surface area contributed by atoms with Crippen molar-refractivity contribution in [2.24, 2.45) is 16.3 Å². The van der Waals surface area contributed by atoms with Crippen LogP contribution in [0.4, 0.5) is 0 Å². The van der Waals surface area contributed by atoms with Gasteiger partial charge in [-0.2, -0.15) is 0 Å². The van der Waals surface area contributed by atoms with Gasteiger partial charge >= 0.3 is 0 Å². The van der Waals surface area contributed by atoms with Crippen molar-refractivity contribution in [2.45, 2.75) is 26.2 Å². The number of piperidine rings is 1. The van der Waals surface area contributed by atoms with Gasteiger partial charge < -0.3 is 15.8 Å². The fraction of sp³-hybridized carbons (Fsp3) is 0.533. The maximum atomic E-state index is 8.82. The van der Waals surface area contributed by atoms with E-state index in [2.05, 4.69) is 41.2 Å². The molecule has 3 N–H and O–H groups in total. The highest BCUT2D eigenvalue weighted by molar-refractivity contribution is 5.85. The van der Waals surface area contributed by atoms with E-state index in [0.29, 0.717) is 5.84 Å². The molecule has 0 amide bonds. The van der Waals surface area contributed by atoms with E-state index in [9.17, 15) is 0 Å². The number of hydrogen-bond acceptors (Lipinski definition) is 3. The average molecular weight is 261 g/mol. The summed E-state index contributed by atoms with van der Waals surface area (Å²) in [5.74, 6) is 0.371. The first-order chi connectivity index (χ1) is 9.14. The molecule has 0 spiro atoms. The molecule has 1 aromatic rings. The zero-order chi connectivity index (χ0) is 13.7. The molecule has 0 aromatic heterocycles. The van der Waals surface area contributed by atoms with E-state index in [4.69, 9.17) is 10.9 Å². The van der Waals surface area contributed by atoms with E-state index in [1.165, 1.54) is 5.56 Å². The lowest BCUT2D eigenvalue weighted by Gasteiger charge is -2.38. The minimum absolute atomic E-state index is 0.141. The molecule has 0 radical (unpaired) electrons. The Bertz CT molecular complexity index is 422. The largest absolute Gasteiger partial charge is 0.409 e. The summed E-state index contributed by atoms with van der Waals surface area (Å²) in [7, 11) is 0. The number of rotatable bonds is 4. The summed E-state index contributed by atoms with van der Waals surface area (Å²) in [4.78, 5) is 2.46. The quantitative estimate of drug-likeness (QED) is 0.377. The lowest BCUT2D eigenvalue weighted by atomic mass is 9.79. The predicted molar refractivity (Wildman–Crippen MR) is 77.3 cm³/mol. The van der Waals surface area contributed by atoms with Gasteiger partial charge in [-0.25, -0.2) is 0 Å². The molecule has 1 heterocycles. The van der Waals surface area contributed by atoms with Crippen LogP contribution < -0.4 is 5.73 Å². The van der Waals surface area contributed by atoms with Crippen LogP contribution in [0.1, 0.15) is 25.3 Å². The summed E-state index contributed by atoms with van der Waals surface area (Å²) >= 11 is 0. The summed E-state index contributed by atoms with van der Waals surface area (Å²) in [5, 5.41) is 12.0. The molecule has 104 valence electrons. The van der Waals surface area contributed by atoms with Crippen molar-refractivity contribution in [3.63, 3.8) is 0 Å². The van der Waals surface area contributed by atoms with E-state index in [1.54, 1.807) is 0 Å². The molecule has 1 aromatic carbocycles. The first-order valence-electron chi connectivity index (χ1n) is 6.88. The van der Waals surface area contributed by atoms with Crippen LogP contribution in [0.25, 0.3) is 0 Å². The van der Waals surface area contributed by atoms with Crippen LogP contribution in [-0.2, 0) is 6.42 Å². The number of nitrogens with two attached hydrogens (primary N) is 1. The fourth-order valence-electron chi connectivity index (χ4n) is 2.58. The van der Waals surface area contributed by atoms with Crippen LogP contribution in [0, 0.1) is 5.41 Å². The van der Waals surface area contributed by atoms with E-state index in [0.717, 1.165) is 38.9 Å². The van der Waals surface area contributed by atoms with E-state index in [1.807, 2.05) is 6.07 Å². The molecule has 0 unspecified atom stereocenters. The Hall–Kier alpha value is -1.55. The molecule has 0 atom stereocenters. The number of nitrogens with zero attached hydrogens (tertiary/aromatic N) is 2. The Kier molecular flexibility index (Phi) is 4.43. The third-order valence-electron chi connectivity index (χ3n) is 4.25. The maximum absolute atomic E-state index is 8.82. The van der Waals surface area contributed by atoms with Gasteiger partial charge in [0.05, 0.1) is 0 Å². The Balaban J connectivity index is 1.81. The van der Waals surface area contributed by atoms with E-state index < -0.39 is 0 Å². The van der Waals surface area contributed by atoms with Crippen LogP contribution in [0.5, 0.6) is 0 Å². The molecule has 19 heavy (non-hydrogen) atoms. The summed E-state index contributed by atoms with van der Waals surface area (Å²) in [6.45, 7) is 5.19. The molecular weight excluding hydrogens is 238 g/mol. The zero-order valence-electron chi connectivity index (χ0n) is 11.5. The van der Waals surface area contributed by atoms with Crippen molar-refractivity contribution >= 4 is 5.84 Å². The SMILES string of the molecule is CC1(/C(N)=N/O)CCN(CCc2ccccc2)CC1. The van der Waals surface area contributed by atoms with Crippen molar-refractivity contribution in [1.29, 1.82) is 0 Å². The first-order valence-corrected chi connectivity index (χ1v) is 6.88. The molecule has 1 fully saturated rings. The van der Waals surface area contributed by atoms with Gasteiger partial charge in [0.25, 0.3) is 0 Å². The van der Waals surface area contributed by atoms with E-state index >= 15 is 0 Å². The summed E-state index contributed by atoms with van der Waals surface area (Å²) in [5.41, 5.74) is 7.01. The summed E-state index contributed by atoms with van der Waals surface area (Å²) in [6, 6.07) is 10.6. The van der Waals surface area contributed by atoms with Crippen LogP contribution in [0.15, 0.2) is 35.5 Å². The van der Waals surface area contributed by atoms with Gasteiger partial charge in [-0.1, -0.05) is 42.4 Å². The zero-order valence-corrected chi connectivity index (χ0v) is 11.5. The van der Waals surface area contributed by atoms with Crippen molar-refractivity contribution < 1.29 is 5.21 Å². The van der Waals surface area contributed by atoms with Crippen molar-refractivity contribution in [3.8, 4) is 0 Å². The fourth-order valence-corrected chi connectivity index (χ4v) is 2.58. The minimum Gasteiger partial charge on any atom is -0.409 e. The normalized spacial score (nSPS) is 20.4. The molecular formula is C15H23N3O. The van der Waals surface area contributed by atoms with Crippen LogP contribution in [-0.4, -0.2) is 35.6 Å². The Labute approximate surface area is 114 Å². The second-order valence-corrected chi connectivity index (χ2v) is 5.62. The number of amidine groups is 1. The number of likely N-dealkylation sites (tertiary alicyclic amines) is 1. The molecule has 0 aliphatic carbocycles. The molecule has 1 saturated heterocycles. The van der Waals surface area contributed by atoms with Gasteiger partial charge in [0.1, 0.15) is 5.84 Å². The van der Waals surface area contributed by atoms with E-state index in [-0.39, 0.29) is 5.41 Å². The van der Waals surface area contributed by atoms with Gasteiger partial charge in [0.15, 0.2) is 0 Å². The average Bonchev–Trinajstić information content (AvgIpc) is 2.47. The van der Waals surface area contributed by atoms with Crippen molar-refractivity contribution in [1.82, 2.24) is 4.90 Å². The number of benzene rings is 1. The third-order valence-corrected chi connectivity index (χ3v) is 4.25. The highest BCUT2D eigenvalue weighted by Crippen LogP contribution is 2.30. The molecule has 4 nitrogen and oxygen atoms in total. The highest BCUT2D eigenvalue weighted by Gasteiger charge is 2.33. The molecule has 0 bridgehead atoms. The lowest BCUT2D eigenvalue weighted by Crippen LogP contribution is -2.46. The molecule has 1 aliphatic heterocycles. The molecule has 1 aliphatic rings. The highest BCUT2D eigenvalue weighted by atomic mass is 16.4. The molecule has 4 heteroatoms. The molecule has 2 rings (SSSR count). The molecule has 0 saturated carbocycles. The van der Waals surface area contributed by atoms with Gasteiger partial charge in [-0.05, 0) is 37.9 Å². The Morgan fingerprint density at radius 3 is 2.53 bits per heavy atom. The van der Waals surface area contributed by atoms with Crippen LogP contribution in [0.3, 0.4) is 0 Å². The van der Waals surface area contributed by atoms with Crippen molar-refractivity contribution in [3.05, 3.63) is 35.9 Å². The van der Waals surface area contributed by atoms with Gasteiger partial charge in [-0.3, -0.25) is 0 Å². The van der Waals surface area contributed by atoms with Crippen LogP contribution >= 0.6 is 0 Å². The van der Waals surface area contributed by atoms with Gasteiger partial charge in [0, 0.05) is 12.0 Å². The van der Waals surface area contributed by atoms with Crippen LogP contribution in [0.2, 0.25) is 0 Å². The third kappa shape index (κ3) is 3.47. The van der Waals surface area contributed by atoms with Crippen molar-refractivity contribution in [2.75, 3.05) is 19.6 Å². The smallest absolute Gasteiger partial charge is 0.145 e. The number of hydrogen-bond donors (Lipinski definition) is 2. The Morgan fingerprint density at radius 1 is 1.32 bits per heavy atom. The topological polar surface area (TPSA) is 61.9 Å².